The fourth-order valence-corrected chi connectivity index (χ4v) is 9.17. The molecule has 0 aliphatic carbocycles. The first kappa shape index (κ1) is 35.8. The molecule has 1 fully saturated rings. The van der Waals surface area contributed by atoms with Gasteiger partial charge < -0.3 is 25.6 Å². The number of hydrogen-bond donors (Lipinski definition) is 3. The molecule has 0 saturated carbocycles. The number of fused-ring (bicyclic) bond motifs is 6. The lowest BCUT2D eigenvalue weighted by atomic mass is 10.0. The molecule has 7 atom stereocenters. The minimum Gasteiger partial charge on any atom is -0.474 e. The topological polar surface area (TPSA) is 154 Å². The predicted octanol–water partition coefficient (Wildman–Crippen LogP) is 3.73. The maximum absolute atomic E-state index is 14.4. The van der Waals surface area contributed by atoms with Gasteiger partial charge in [0, 0.05) is 24.1 Å². The molecular formula is C38H43N7O5S2. The number of carbonyl (C=O) groups excluding carboxylic acids is 4. The van der Waals surface area contributed by atoms with E-state index in [9.17, 15) is 19.2 Å². The Kier molecular flexibility index (Phi) is 10.7. The molecule has 6 bridgehead atoms. The Labute approximate surface area is 311 Å². The zero-order valence-electron chi connectivity index (χ0n) is 29.4. The summed E-state index contributed by atoms with van der Waals surface area (Å²) in [6.45, 7) is 6.28. The van der Waals surface area contributed by atoms with Gasteiger partial charge in [-0.05, 0) is 43.2 Å². The van der Waals surface area contributed by atoms with Crippen LogP contribution in [0.4, 0.5) is 0 Å². The van der Waals surface area contributed by atoms with E-state index in [1.165, 1.54) is 23.1 Å². The van der Waals surface area contributed by atoms with Crippen LogP contribution in [-0.2, 0) is 32.0 Å². The number of benzene rings is 2. The number of aromatic nitrogens is 1. The fraction of sp³-hybridized carbons (Fsp3) is 0.447. The third-order valence-corrected chi connectivity index (χ3v) is 11.9. The Morgan fingerprint density at radius 1 is 0.885 bits per heavy atom. The van der Waals surface area contributed by atoms with Crippen LogP contribution in [0.2, 0.25) is 0 Å². The number of aliphatic imine (C=N–C) groups is 2. The van der Waals surface area contributed by atoms with Gasteiger partial charge in [-0.1, -0.05) is 74.5 Å². The molecule has 14 heteroatoms. The molecular weight excluding hydrogens is 699 g/mol. The van der Waals surface area contributed by atoms with E-state index in [1.807, 2.05) is 74.5 Å². The van der Waals surface area contributed by atoms with Crippen molar-refractivity contribution in [2.24, 2.45) is 15.9 Å². The monoisotopic (exact) mass is 741 g/mol. The summed E-state index contributed by atoms with van der Waals surface area (Å²) in [5.41, 5.74) is 2.06. The third kappa shape index (κ3) is 7.77. The third-order valence-electron chi connectivity index (χ3n) is 9.85. The summed E-state index contributed by atoms with van der Waals surface area (Å²) in [6, 6.07) is 15.6. The molecule has 52 heavy (non-hydrogen) atoms. The molecule has 272 valence electrons. The number of thiazole rings is 1. The van der Waals surface area contributed by atoms with Crippen molar-refractivity contribution >= 4 is 57.7 Å². The Bertz CT molecular complexity index is 1870. The van der Waals surface area contributed by atoms with Crippen LogP contribution in [0.15, 0.2) is 76.0 Å². The molecule has 1 aromatic heterocycles. The fourth-order valence-electron chi connectivity index (χ4n) is 7.05. The zero-order chi connectivity index (χ0) is 36.4. The van der Waals surface area contributed by atoms with Gasteiger partial charge in [-0.25, -0.2) is 9.98 Å². The number of carbonyl (C=O) groups is 4. The molecule has 4 aliphatic rings. The second-order valence-corrected chi connectivity index (χ2v) is 15.9. The minimum absolute atomic E-state index is 0.00574. The van der Waals surface area contributed by atoms with Crippen molar-refractivity contribution in [1.29, 1.82) is 0 Å². The van der Waals surface area contributed by atoms with E-state index < -0.39 is 48.3 Å². The summed E-state index contributed by atoms with van der Waals surface area (Å²) >= 11 is 2.75. The summed E-state index contributed by atoms with van der Waals surface area (Å²) in [7, 11) is 0. The summed E-state index contributed by atoms with van der Waals surface area (Å²) in [5, 5.41) is 12.2. The smallest absolute Gasteiger partial charge is 0.271 e. The number of amides is 4. The van der Waals surface area contributed by atoms with Crippen LogP contribution in [0, 0.1) is 5.92 Å². The van der Waals surface area contributed by atoms with E-state index in [-0.39, 0.29) is 35.8 Å². The first-order valence-electron chi connectivity index (χ1n) is 17.8. The van der Waals surface area contributed by atoms with Crippen LogP contribution < -0.4 is 16.0 Å². The van der Waals surface area contributed by atoms with E-state index in [0.29, 0.717) is 41.1 Å². The van der Waals surface area contributed by atoms with Gasteiger partial charge in [-0.3, -0.25) is 24.2 Å². The summed E-state index contributed by atoms with van der Waals surface area (Å²) in [6.07, 6.45) is 1.53. The van der Waals surface area contributed by atoms with Gasteiger partial charge in [0.05, 0.1) is 17.1 Å². The highest BCUT2D eigenvalue weighted by Gasteiger charge is 2.44. The molecule has 4 aliphatic heterocycles. The van der Waals surface area contributed by atoms with Crippen LogP contribution in [-0.4, -0.2) is 93.1 Å². The minimum atomic E-state index is -0.897. The molecule has 1 saturated heterocycles. The number of nitrogens with zero attached hydrogens (tertiary/aromatic N) is 4. The second kappa shape index (κ2) is 15.6. The molecule has 4 amide bonds. The van der Waals surface area contributed by atoms with Crippen molar-refractivity contribution < 1.29 is 23.9 Å². The highest BCUT2D eigenvalue weighted by atomic mass is 32.2. The average Bonchev–Trinajstić information content (AvgIpc) is 3.97. The van der Waals surface area contributed by atoms with Gasteiger partial charge in [-0.15, -0.1) is 23.1 Å². The molecule has 3 aromatic rings. The molecule has 0 radical (unpaired) electrons. The maximum Gasteiger partial charge on any atom is 0.271 e. The number of thioether (sulfide) groups is 1. The van der Waals surface area contributed by atoms with Crippen molar-refractivity contribution in [3.05, 3.63) is 87.9 Å². The molecule has 5 heterocycles. The van der Waals surface area contributed by atoms with Gasteiger partial charge in [-0.2, -0.15) is 0 Å². The lowest BCUT2D eigenvalue weighted by Gasteiger charge is -2.29. The first-order chi connectivity index (χ1) is 25.1. The standard InChI is InChI=1S/C38H43N7O5S2/c1-21(2)30-37-42-28(20-52-37)32(46)39-25(17-23-11-6-4-7-12-23)36-41-27(19-51-36)33(47)40-26(18-24-13-8-5-9-14-24)38(49)45-16-10-15-29(45)35-44-31(22(3)50-35)34(48)43-30/h4-9,11-14,19,21-22,25-26,28-31H,10,15-18,20H2,1-3H3,(H,39,46)(H,40,47)(H,43,48)/t22-,25-,26+,28+,29+,30-,31+/m1/s1. The zero-order valence-corrected chi connectivity index (χ0v) is 31.0. The molecule has 2 aromatic carbocycles. The number of hydrogen-bond acceptors (Lipinski definition) is 10. The first-order valence-corrected chi connectivity index (χ1v) is 19.7. The van der Waals surface area contributed by atoms with Gasteiger partial charge in [0.15, 0.2) is 6.04 Å². The lowest BCUT2D eigenvalue weighted by Crippen LogP contribution is -2.52. The average molecular weight is 742 g/mol. The van der Waals surface area contributed by atoms with Gasteiger partial charge in [0.2, 0.25) is 23.6 Å². The molecule has 7 rings (SSSR count). The Balaban J connectivity index is 1.26. The van der Waals surface area contributed by atoms with Gasteiger partial charge in [0.1, 0.15) is 34.9 Å². The SMILES string of the molecule is CC(C)[C@H]1NC(=O)[C@H]2N=C(O[C@@H]2C)[C@@H]2CCCN2C(=O)[C@H](Cc2ccccc2)NC(=O)c2csc(n2)[C@@H](Cc2ccccc2)NC(=O)[C@@H]2CSC1=N2. The quantitative estimate of drug-likeness (QED) is 0.360. The van der Waals surface area contributed by atoms with Crippen molar-refractivity contribution in [2.75, 3.05) is 12.3 Å². The number of nitrogens with one attached hydrogen (secondary N) is 3. The molecule has 0 spiro atoms. The maximum atomic E-state index is 14.4. The van der Waals surface area contributed by atoms with Gasteiger partial charge in [0.25, 0.3) is 5.91 Å². The van der Waals surface area contributed by atoms with Crippen LogP contribution in [0.1, 0.15) is 66.3 Å². The molecule has 0 unspecified atom stereocenters. The van der Waals surface area contributed by atoms with Crippen molar-refractivity contribution in [1.82, 2.24) is 25.8 Å². The van der Waals surface area contributed by atoms with Crippen LogP contribution in [0.3, 0.4) is 0 Å². The number of ether oxygens (including phenoxy) is 1. The highest BCUT2D eigenvalue weighted by molar-refractivity contribution is 8.14. The van der Waals surface area contributed by atoms with E-state index in [2.05, 4.69) is 16.0 Å². The Morgan fingerprint density at radius 2 is 1.58 bits per heavy atom. The van der Waals surface area contributed by atoms with Crippen LogP contribution in [0.25, 0.3) is 0 Å². The lowest BCUT2D eigenvalue weighted by molar-refractivity contribution is -0.133. The van der Waals surface area contributed by atoms with E-state index in [0.717, 1.165) is 17.5 Å². The van der Waals surface area contributed by atoms with Crippen LogP contribution in [0.5, 0.6) is 0 Å². The Hall–Kier alpha value is -4.56. The van der Waals surface area contributed by atoms with E-state index >= 15 is 0 Å². The molecule has 3 N–H and O–H groups in total. The highest BCUT2D eigenvalue weighted by Crippen LogP contribution is 2.29. The van der Waals surface area contributed by atoms with Crippen molar-refractivity contribution in [3.8, 4) is 0 Å². The Morgan fingerprint density at radius 3 is 2.27 bits per heavy atom. The normalized spacial score (nSPS) is 28.2. The van der Waals surface area contributed by atoms with E-state index in [1.54, 1.807) is 17.2 Å². The summed E-state index contributed by atoms with van der Waals surface area (Å²) < 4.78 is 6.20. The predicted molar refractivity (Wildman–Crippen MR) is 201 cm³/mol. The van der Waals surface area contributed by atoms with Crippen molar-refractivity contribution in [3.63, 3.8) is 0 Å². The summed E-state index contributed by atoms with van der Waals surface area (Å²) in [4.78, 5) is 71.9. The van der Waals surface area contributed by atoms with Gasteiger partial charge >= 0.3 is 0 Å². The molecule has 12 nitrogen and oxygen atoms in total. The second-order valence-electron chi connectivity index (χ2n) is 14.0. The van der Waals surface area contributed by atoms with Crippen molar-refractivity contribution in [2.45, 2.75) is 88.8 Å². The van der Waals surface area contributed by atoms with Crippen LogP contribution >= 0.6 is 23.1 Å². The summed E-state index contributed by atoms with van der Waals surface area (Å²) in [5.74, 6) is -0.510. The van der Waals surface area contributed by atoms with E-state index in [4.69, 9.17) is 19.7 Å². The largest absolute Gasteiger partial charge is 0.474 e. The number of rotatable bonds is 5.